The first kappa shape index (κ1) is 12.4. The lowest BCUT2D eigenvalue weighted by Crippen LogP contribution is -2.32. The smallest absolute Gasteiger partial charge is 0.161 e. The second kappa shape index (κ2) is 5.06. The number of ether oxygens (including phenoxy) is 2. The van der Waals surface area contributed by atoms with E-state index in [4.69, 9.17) is 15.2 Å². The van der Waals surface area contributed by atoms with Crippen molar-refractivity contribution in [3.63, 3.8) is 0 Å². The lowest BCUT2D eigenvalue weighted by Gasteiger charge is -2.23. The van der Waals surface area contributed by atoms with E-state index >= 15 is 0 Å². The van der Waals surface area contributed by atoms with Crippen LogP contribution >= 0.6 is 0 Å². The summed E-state index contributed by atoms with van der Waals surface area (Å²) in [4.78, 5) is 0. The zero-order valence-electron chi connectivity index (χ0n) is 10.7. The molecule has 1 aromatic heterocycles. The maximum Gasteiger partial charge on any atom is 0.161 e. The summed E-state index contributed by atoms with van der Waals surface area (Å²) in [6, 6.07) is -0.176. The number of aromatic nitrogens is 2. The Morgan fingerprint density at radius 3 is 2.71 bits per heavy atom. The average molecular weight is 239 g/mol. The molecule has 17 heavy (non-hydrogen) atoms. The van der Waals surface area contributed by atoms with Crippen molar-refractivity contribution in [2.75, 3.05) is 14.2 Å². The largest absolute Gasteiger partial charge is 0.493 e. The van der Waals surface area contributed by atoms with Crippen LogP contribution in [0.1, 0.15) is 31.5 Å². The molecule has 1 saturated carbocycles. The van der Waals surface area contributed by atoms with Crippen LogP contribution < -0.4 is 10.5 Å². The number of rotatable bonds is 6. The van der Waals surface area contributed by atoms with Gasteiger partial charge in [0.1, 0.15) is 0 Å². The normalized spacial score (nSPS) is 19.1. The van der Waals surface area contributed by atoms with E-state index in [9.17, 15) is 0 Å². The molecule has 1 heterocycles. The number of methoxy groups -OCH3 is 2. The molecule has 2 N–H and O–H groups in total. The van der Waals surface area contributed by atoms with Crippen LogP contribution in [-0.2, 0) is 11.3 Å². The molecule has 0 aromatic carbocycles. The van der Waals surface area contributed by atoms with E-state index in [1.165, 1.54) is 12.8 Å². The molecule has 2 atom stereocenters. The minimum atomic E-state index is -0.176. The highest BCUT2D eigenvalue weighted by Crippen LogP contribution is 2.40. The molecule has 0 saturated heterocycles. The minimum Gasteiger partial charge on any atom is -0.493 e. The first-order valence-electron chi connectivity index (χ1n) is 6.11. The Morgan fingerprint density at radius 2 is 2.24 bits per heavy atom. The van der Waals surface area contributed by atoms with Crippen LogP contribution in [0.2, 0.25) is 0 Å². The van der Waals surface area contributed by atoms with Crippen molar-refractivity contribution in [2.24, 2.45) is 11.7 Å². The van der Waals surface area contributed by atoms with Gasteiger partial charge in [-0.25, -0.2) is 0 Å². The number of aryl methyl sites for hydroxylation is 1. The molecule has 0 bridgehead atoms. The fraction of sp³-hybridized carbons (Fsp3) is 0.750. The summed E-state index contributed by atoms with van der Waals surface area (Å²) in [6.07, 6.45) is 4.19. The Labute approximate surface area is 102 Å². The van der Waals surface area contributed by atoms with Gasteiger partial charge in [-0.1, -0.05) is 0 Å². The Hall–Kier alpha value is -1.07. The lowest BCUT2D eigenvalue weighted by atomic mass is 10.0. The molecule has 5 heteroatoms. The van der Waals surface area contributed by atoms with Crippen molar-refractivity contribution in [3.8, 4) is 5.75 Å². The Morgan fingerprint density at radius 1 is 1.53 bits per heavy atom. The molecule has 1 aliphatic carbocycles. The van der Waals surface area contributed by atoms with E-state index in [1.807, 2.05) is 11.6 Å². The molecule has 0 amide bonds. The molecule has 1 fully saturated rings. The van der Waals surface area contributed by atoms with Crippen LogP contribution in [-0.4, -0.2) is 30.1 Å². The number of hydrogen-bond acceptors (Lipinski definition) is 4. The van der Waals surface area contributed by atoms with Gasteiger partial charge in [0.2, 0.25) is 0 Å². The van der Waals surface area contributed by atoms with Crippen molar-refractivity contribution in [1.82, 2.24) is 9.78 Å². The molecule has 0 radical (unpaired) electrons. The quantitative estimate of drug-likeness (QED) is 0.813. The van der Waals surface area contributed by atoms with E-state index in [0.29, 0.717) is 5.92 Å². The summed E-state index contributed by atoms with van der Waals surface area (Å²) in [5.74, 6) is 1.34. The van der Waals surface area contributed by atoms with Gasteiger partial charge in [0.15, 0.2) is 5.75 Å². The monoisotopic (exact) mass is 239 g/mol. The second-order valence-electron chi connectivity index (χ2n) is 4.48. The van der Waals surface area contributed by atoms with Gasteiger partial charge < -0.3 is 15.2 Å². The van der Waals surface area contributed by atoms with Gasteiger partial charge in [-0.3, -0.25) is 4.68 Å². The summed E-state index contributed by atoms with van der Waals surface area (Å²) in [7, 11) is 3.37. The fourth-order valence-corrected chi connectivity index (χ4v) is 2.34. The average Bonchev–Trinajstić information content (AvgIpc) is 3.08. The summed E-state index contributed by atoms with van der Waals surface area (Å²) >= 11 is 0. The Bertz CT molecular complexity index is 352. The van der Waals surface area contributed by atoms with Gasteiger partial charge in [-0.15, -0.1) is 0 Å². The van der Waals surface area contributed by atoms with Crippen LogP contribution in [0.25, 0.3) is 0 Å². The zero-order valence-corrected chi connectivity index (χ0v) is 10.7. The lowest BCUT2D eigenvalue weighted by molar-refractivity contribution is 0.0593. The number of nitrogens with two attached hydrogens (primary N) is 1. The van der Waals surface area contributed by atoms with E-state index < -0.39 is 0 Å². The predicted octanol–water partition coefficient (Wildman–Crippen LogP) is 1.34. The maximum absolute atomic E-state index is 6.32. The van der Waals surface area contributed by atoms with E-state index in [2.05, 4.69) is 5.10 Å². The summed E-state index contributed by atoms with van der Waals surface area (Å²) in [5, 5.41) is 4.28. The fourth-order valence-electron chi connectivity index (χ4n) is 2.34. The highest BCUT2D eigenvalue weighted by molar-refractivity contribution is 5.29. The third kappa shape index (κ3) is 2.30. The van der Waals surface area contributed by atoms with Crippen LogP contribution in [0.3, 0.4) is 0 Å². The van der Waals surface area contributed by atoms with Crippen molar-refractivity contribution < 1.29 is 9.47 Å². The van der Waals surface area contributed by atoms with E-state index in [-0.39, 0.29) is 12.1 Å². The third-order valence-electron chi connectivity index (χ3n) is 3.39. The maximum atomic E-state index is 6.32. The third-order valence-corrected chi connectivity index (χ3v) is 3.39. The van der Waals surface area contributed by atoms with Gasteiger partial charge in [0.05, 0.1) is 31.1 Å². The first-order chi connectivity index (χ1) is 8.22. The number of hydrogen-bond donors (Lipinski definition) is 1. The van der Waals surface area contributed by atoms with E-state index in [0.717, 1.165) is 18.0 Å². The van der Waals surface area contributed by atoms with E-state index in [1.54, 1.807) is 20.4 Å². The topological polar surface area (TPSA) is 62.3 Å². The minimum absolute atomic E-state index is 0.0610. The first-order valence-corrected chi connectivity index (χ1v) is 6.11. The van der Waals surface area contributed by atoms with Crippen molar-refractivity contribution in [3.05, 3.63) is 11.9 Å². The summed E-state index contributed by atoms with van der Waals surface area (Å²) in [6.45, 7) is 2.83. The second-order valence-corrected chi connectivity index (χ2v) is 4.48. The van der Waals surface area contributed by atoms with Gasteiger partial charge >= 0.3 is 0 Å². The van der Waals surface area contributed by atoms with Crippen molar-refractivity contribution >= 4 is 0 Å². The molecule has 2 unspecified atom stereocenters. The molecule has 1 aliphatic rings. The molecule has 1 aromatic rings. The molecule has 96 valence electrons. The SMILES string of the molecule is CCn1ncc(OC)c1C(N)C(OC)C1CC1. The summed E-state index contributed by atoms with van der Waals surface area (Å²) in [5.41, 5.74) is 7.26. The highest BCUT2D eigenvalue weighted by atomic mass is 16.5. The highest BCUT2D eigenvalue weighted by Gasteiger charge is 2.38. The van der Waals surface area contributed by atoms with Crippen LogP contribution in [0.15, 0.2) is 6.20 Å². The zero-order chi connectivity index (χ0) is 12.4. The van der Waals surface area contributed by atoms with Crippen LogP contribution in [0, 0.1) is 5.92 Å². The van der Waals surface area contributed by atoms with Gasteiger partial charge in [-0.2, -0.15) is 5.10 Å². The standard InChI is InChI=1S/C12H21N3O2/c1-4-15-11(9(16-2)7-14-15)10(13)12(17-3)8-5-6-8/h7-8,10,12H,4-6,13H2,1-3H3. The van der Waals surface area contributed by atoms with Crippen molar-refractivity contribution in [1.29, 1.82) is 0 Å². The van der Waals surface area contributed by atoms with Crippen LogP contribution in [0.5, 0.6) is 5.75 Å². The van der Waals surface area contributed by atoms with Crippen molar-refractivity contribution in [2.45, 2.75) is 38.5 Å². The molecular formula is C12H21N3O2. The Kier molecular flexibility index (Phi) is 3.69. The van der Waals surface area contributed by atoms with Crippen LogP contribution in [0.4, 0.5) is 0 Å². The summed E-state index contributed by atoms with van der Waals surface area (Å²) < 4.78 is 12.7. The molecule has 0 aliphatic heterocycles. The molecule has 0 spiro atoms. The predicted molar refractivity (Wildman–Crippen MR) is 64.9 cm³/mol. The molecule has 2 rings (SSSR count). The van der Waals surface area contributed by atoms with Gasteiger partial charge in [0, 0.05) is 13.7 Å². The number of nitrogens with zero attached hydrogens (tertiary/aromatic N) is 2. The molecular weight excluding hydrogens is 218 g/mol. The van der Waals surface area contributed by atoms with Gasteiger partial charge in [0.25, 0.3) is 0 Å². The molecule has 5 nitrogen and oxygen atoms in total. The Balaban J connectivity index is 2.26. The van der Waals surface area contributed by atoms with Gasteiger partial charge in [-0.05, 0) is 25.7 Å².